The van der Waals surface area contributed by atoms with Crippen LogP contribution in [0.15, 0.2) is 48.5 Å². The Bertz CT molecular complexity index is 577. The molecule has 22 heavy (non-hydrogen) atoms. The summed E-state index contributed by atoms with van der Waals surface area (Å²) in [5.74, 6) is 1.31. The van der Waals surface area contributed by atoms with Gasteiger partial charge in [-0.25, -0.2) is 0 Å². The van der Waals surface area contributed by atoms with Gasteiger partial charge >= 0.3 is 0 Å². The Kier molecular flexibility index (Phi) is 7.18. The van der Waals surface area contributed by atoms with Crippen molar-refractivity contribution in [1.29, 1.82) is 0 Å². The van der Waals surface area contributed by atoms with E-state index in [1.54, 1.807) is 20.3 Å². The lowest BCUT2D eigenvalue weighted by Gasteiger charge is -2.21. The number of halogens is 1. The van der Waals surface area contributed by atoms with Crippen LogP contribution in [-0.2, 0) is 6.42 Å². The topological polar surface area (TPSA) is 64.7 Å². The summed E-state index contributed by atoms with van der Waals surface area (Å²) in [6, 6.07) is 14.7. The molecule has 120 valence electrons. The molecule has 2 atom stereocenters. The fourth-order valence-corrected chi connectivity index (χ4v) is 2.28. The predicted molar refractivity (Wildman–Crippen MR) is 89.9 cm³/mol. The molecule has 2 aromatic rings. The molecule has 0 aliphatic rings. The minimum absolute atomic E-state index is 0. The van der Waals surface area contributed by atoms with E-state index in [2.05, 4.69) is 0 Å². The van der Waals surface area contributed by atoms with Gasteiger partial charge in [0.2, 0.25) is 0 Å². The number of aliphatic hydroxyl groups is 1. The molecule has 2 rings (SSSR count). The monoisotopic (exact) mass is 323 g/mol. The van der Waals surface area contributed by atoms with Crippen molar-refractivity contribution in [3.05, 3.63) is 59.7 Å². The summed E-state index contributed by atoms with van der Waals surface area (Å²) in [7, 11) is 3.17. The molecule has 0 bridgehead atoms. The number of hydrogen-bond donors (Lipinski definition) is 2. The van der Waals surface area contributed by atoms with E-state index < -0.39 is 12.1 Å². The largest absolute Gasteiger partial charge is 0.497 e. The summed E-state index contributed by atoms with van der Waals surface area (Å²) in [5.41, 5.74) is 8.00. The Morgan fingerprint density at radius 1 is 1.05 bits per heavy atom. The van der Waals surface area contributed by atoms with Crippen LogP contribution in [0, 0.1) is 0 Å². The molecule has 0 aromatic heterocycles. The molecule has 0 saturated heterocycles. The van der Waals surface area contributed by atoms with Gasteiger partial charge in [0.05, 0.1) is 26.4 Å². The Labute approximate surface area is 137 Å². The lowest BCUT2D eigenvalue weighted by molar-refractivity contribution is 0.143. The highest BCUT2D eigenvalue weighted by atomic mass is 35.5. The first kappa shape index (κ1) is 18.3. The molecule has 0 radical (unpaired) electrons. The number of aliphatic hydroxyl groups excluding tert-OH is 1. The van der Waals surface area contributed by atoms with E-state index in [0.29, 0.717) is 17.9 Å². The zero-order valence-electron chi connectivity index (χ0n) is 12.7. The first-order valence-corrected chi connectivity index (χ1v) is 6.85. The van der Waals surface area contributed by atoms with Crippen molar-refractivity contribution in [2.24, 2.45) is 5.73 Å². The van der Waals surface area contributed by atoms with E-state index in [1.165, 1.54) is 0 Å². The number of benzene rings is 2. The van der Waals surface area contributed by atoms with E-state index in [9.17, 15) is 5.11 Å². The normalized spacial score (nSPS) is 12.9. The van der Waals surface area contributed by atoms with Crippen LogP contribution in [0.2, 0.25) is 0 Å². The van der Waals surface area contributed by atoms with E-state index >= 15 is 0 Å². The third-order valence-corrected chi connectivity index (χ3v) is 3.50. The molecular formula is C17H22ClNO3. The van der Waals surface area contributed by atoms with Crippen LogP contribution in [0.5, 0.6) is 11.5 Å². The maximum Gasteiger partial charge on any atom is 0.127 e. The van der Waals surface area contributed by atoms with Gasteiger partial charge in [0.15, 0.2) is 0 Å². The Balaban J connectivity index is 0.00000242. The molecule has 0 fully saturated rings. The maximum atomic E-state index is 10.4. The van der Waals surface area contributed by atoms with Crippen LogP contribution in [0.3, 0.4) is 0 Å². The molecule has 2 aromatic carbocycles. The van der Waals surface area contributed by atoms with Crippen LogP contribution >= 0.6 is 12.4 Å². The second kappa shape index (κ2) is 8.63. The van der Waals surface area contributed by atoms with Crippen LogP contribution < -0.4 is 15.2 Å². The number of hydrogen-bond acceptors (Lipinski definition) is 4. The van der Waals surface area contributed by atoms with Gasteiger partial charge in [-0.1, -0.05) is 30.3 Å². The fraction of sp³-hybridized carbons (Fsp3) is 0.294. The van der Waals surface area contributed by atoms with Crippen LogP contribution in [0.25, 0.3) is 0 Å². The standard InChI is InChI=1S/C17H21NO3.ClH/c1-20-13-8-9-14(16(11-13)21-2)17(18)15(19)10-12-6-4-3-5-7-12;/h3-9,11,15,17,19H,10,18H2,1-2H3;1H/t15-,17+;/m1./s1. The zero-order valence-corrected chi connectivity index (χ0v) is 13.5. The molecule has 0 unspecified atom stereocenters. The molecule has 0 aliphatic carbocycles. The van der Waals surface area contributed by atoms with Gasteiger partial charge in [-0.05, 0) is 17.7 Å². The van der Waals surface area contributed by atoms with Gasteiger partial charge in [-0.15, -0.1) is 12.4 Å². The first-order valence-electron chi connectivity index (χ1n) is 6.85. The number of rotatable bonds is 6. The molecular weight excluding hydrogens is 302 g/mol. The van der Waals surface area contributed by atoms with Crippen LogP contribution in [0.4, 0.5) is 0 Å². The van der Waals surface area contributed by atoms with Crippen molar-refractivity contribution in [2.45, 2.75) is 18.6 Å². The third kappa shape index (κ3) is 4.37. The lowest BCUT2D eigenvalue weighted by atomic mass is 9.96. The smallest absolute Gasteiger partial charge is 0.127 e. The maximum absolute atomic E-state index is 10.4. The van der Waals surface area contributed by atoms with Gasteiger partial charge < -0.3 is 20.3 Å². The molecule has 5 heteroatoms. The second-order valence-electron chi connectivity index (χ2n) is 4.89. The number of nitrogens with two attached hydrogens (primary N) is 1. The van der Waals surface area contributed by atoms with Gasteiger partial charge in [0, 0.05) is 18.1 Å². The number of ether oxygens (including phenoxy) is 2. The van der Waals surface area contributed by atoms with E-state index in [4.69, 9.17) is 15.2 Å². The van der Waals surface area contributed by atoms with E-state index in [1.807, 2.05) is 42.5 Å². The molecule has 0 amide bonds. The molecule has 0 heterocycles. The summed E-state index contributed by atoms with van der Waals surface area (Å²) in [4.78, 5) is 0. The van der Waals surface area contributed by atoms with Crippen molar-refractivity contribution in [3.8, 4) is 11.5 Å². The average molecular weight is 324 g/mol. The minimum Gasteiger partial charge on any atom is -0.497 e. The highest BCUT2D eigenvalue weighted by molar-refractivity contribution is 5.85. The molecule has 0 saturated carbocycles. The van der Waals surface area contributed by atoms with E-state index in [-0.39, 0.29) is 12.4 Å². The summed E-state index contributed by atoms with van der Waals surface area (Å²) < 4.78 is 10.5. The zero-order chi connectivity index (χ0) is 15.2. The Morgan fingerprint density at radius 3 is 2.32 bits per heavy atom. The fourth-order valence-electron chi connectivity index (χ4n) is 2.28. The van der Waals surface area contributed by atoms with Crippen molar-refractivity contribution in [2.75, 3.05) is 14.2 Å². The van der Waals surface area contributed by atoms with Gasteiger partial charge in [-0.2, -0.15) is 0 Å². The van der Waals surface area contributed by atoms with Crippen molar-refractivity contribution in [1.82, 2.24) is 0 Å². The number of methoxy groups -OCH3 is 2. The summed E-state index contributed by atoms with van der Waals surface area (Å²) in [6.45, 7) is 0. The SMILES string of the molecule is COc1ccc([C@H](N)[C@H](O)Cc2ccccc2)c(OC)c1.Cl. The van der Waals surface area contributed by atoms with Gasteiger partial charge in [0.25, 0.3) is 0 Å². The van der Waals surface area contributed by atoms with Gasteiger partial charge in [-0.3, -0.25) is 0 Å². The second-order valence-corrected chi connectivity index (χ2v) is 4.89. The summed E-state index contributed by atoms with van der Waals surface area (Å²) >= 11 is 0. The van der Waals surface area contributed by atoms with E-state index in [0.717, 1.165) is 11.1 Å². The minimum atomic E-state index is -0.685. The van der Waals surface area contributed by atoms with Crippen molar-refractivity contribution in [3.63, 3.8) is 0 Å². The summed E-state index contributed by atoms with van der Waals surface area (Å²) in [6.07, 6.45) is -0.188. The molecule has 3 N–H and O–H groups in total. The summed E-state index contributed by atoms with van der Waals surface area (Å²) in [5, 5.41) is 10.4. The highest BCUT2D eigenvalue weighted by Gasteiger charge is 2.21. The highest BCUT2D eigenvalue weighted by Crippen LogP contribution is 2.30. The van der Waals surface area contributed by atoms with Crippen molar-refractivity contribution < 1.29 is 14.6 Å². The third-order valence-electron chi connectivity index (χ3n) is 3.50. The van der Waals surface area contributed by atoms with Crippen LogP contribution in [-0.4, -0.2) is 25.4 Å². The quantitative estimate of drug-likeness (QED) is 0.858. The average Bonchev–Trinajstić information content (AvgIpc) is 2.54. The Hall–Kier alpha value is -1.75. The Morgan fingerprint density at radius 2 is 1.73 bits per heavy atom. The molecule has 0 spiro atoms. The lowest BCUT2D eigenvalue weighted by Crippen LogP contribution is -2.28. The van der Waals surface area contributed by atoms with Gasteiger partial charge in [0.1, 0.15) is 11.5 Å². The predicted octanol–water partition coefficient (Wildman–Crippen LogP) is 2.73. The first-order chi connectivity index (χ1) is 10.2. The van der Waals surface area contributed by atoms with Crippen LogP contribution in [0.1, 0.15) is 17.2 Å². The molecule has 4 nitrogen and oxygen atoms in total. The molecule has 0 aliphatic heterocycles. The van der Waals surface area contributed by atoms with Crippen molar-refractivity contribution >= 4 is 12.4 Å².